The molecule has 9 heavy (non-hydrogen) atoms. The topological polar surface area (TPSA) is 47.6 Å². The Morgan fingerprint density at radius 3 is 2.44 bits per heavy atom. The van der Waals surface area contributed by atoms with E-state index in [1.165, 1.54) is 14.2 Å². The highest BCUT2D eigenvalue weighted by Crippen LogP contribution is 1.91. The fourth-order valence-corrected chi connectivity index (χ4v) is 0.396. The van der Waals surface area contributed by atoms with Gasteiger partial charge in [0.05, 0.1) is 6.61 Å². The highest BCUT2D eigenvalue weighted by molar-refractivity contribution is 4.34. The Balaban J connectivity index is 3.18. The zero-order valence-electron chi connectivity index (χ0n) is 5.62. The van der Waals surface area contributed by atoms with Gasteiger partial charge in [-0.2, -0.15) is 0 Å². The molecule has 4 nitrogen and oxygen atoms in total. The third-order valence-corrected chi connectivity index (χ3v) is 0.820. The molecule has 0 aromatic heterocycles. The van der Waals surface area contributed by atoms with Crippen molar-refractivity contribution in [2.75, 3.05) is 27.6 Å². The molecule has 0 aliphatic carbocycles. The Morgan fingerprint density at radius 1 is 1.44 bits per heavy atom. The van der Waals surface area contributed by atoms with Gasteiger partial charge in [-0.25, -0.2) is 5.11 Å². The molecule has 0 aliphatic heterocycles. The molecular formula is C5H11O4. The fraction of sp³-hybridized carbons (Fsp3) is 1.00. The summed E-state index contributed by atoms with van der Waals surface area (Å²) in [6.45, 7) is -0.305. The van der Waals surface area contributed by atoms with Gasteiger partial charge in [0.15, 0.2) is 13.1 Å². The van der Waals surface area contributed by atoms with Crippen LogP contribution in [0.3, 0.4) is 0 Å². The molecule has 55 valence electrons. The quantitative estimate of drug-likeness (QED) is 0.499. The Labute approximate surface area is 54.3 Å². The van der Waals surface area contributed by atoms with Gasteiger partial charge >= 0.3 is 0 Å². The van der Waals surface area contributed by atoms with E-state index < -0.39 is 13.1 Å². The Hall–Kier alpha value is -0.160. The van der Waals surface area contributed by atoms with Crippen LogP contribution in [0.2, 0.25) is 0 Å². The minimum atomic E-state index is -0.595. The van der Waals surface area contributed by atoms with E-state index in [9.17, 15) is 5.11 Å². The van der Waals surface area contributed by atoms with Crippen molar-refractivity contribution in [1.29, 1.82) is 0 Å². The molecular weight excluding hydrogens is 124 g/mol. The first-order chi connectivity index (χ1) is 4.35. The van der Waals surface area contributed by atoms with Crippen LogP contribution in [0.5, 0.6) is 0 Å². The average Bonchev–Trinajstić information content (AvgIpc) is 1.88. The summed E-state index contributed by atoms with van der Waals surface area (Å²) < 4.78 is 13.9. The standard InChI is InChI=1S/C5H11O4/c1-7-3-5(8-2)9-4-6/h5H,3-4H2,1-2H3. The van der Waals surface area contributed by atoms with E-state index in [4.69, 9.17) is 0 Å². The summed E-state index contributed by atoms with van der Waals surface area (Å²) in [5, 5.41) is 9.82. The van der Waals surface area contributed by atoms with Gasteiger partial charge in [-0.15, -0.1) is 0 Å². The second-order valence-electron chi connectivity index (χ2n) is 1.41. The molecule has 0 saturated heterocycles. The Kier molecular flexibility index (Phi) is 5.86. The molecule has 0 fully saturated rings. The third-order valence-electron chi connectivity index (χ3n) is 0.820. The number of hydrogen-bond donors (Lipinski definition) is 0. The fourth-order valence-electron chi connectivity index (χ4n) is 0.396. The van der Waals surface area contributed by atoms with Gasteiger partial charge in [-0.05, 0) is 0 Å². The largest absolute Gasteiger partial charge is 0.379 e. The summed E-state index contributed by atoms with van der Waals surface area (Å²) in [5.41, 5.74) is 0. The van der Waals surface area contributed by atoms with Crippen LogP contribution in [0.25, 0.3) is 0 Å². The lowest BCUT2D eigenvalue weighted by atomic mass is 10.7. The third kappa shape index (κ3) is 4.35. The average molecular weight is 135 g/mol. The summed E-state index contributed by atoms with van der Waals surface area (Å²) in [7, 11) is 2.97. The molecule has 1 atom stereocenters. The monoisotopic (exact) mass is 135 g/mol. The predicted octanol–water partition coefficient (Wildman–Crippen LogP) is 0.00990. The molecule has 4 heteroatoms. The SMILES string of the molecule is COCC(OC)OC[O]. The van der Waals surface area contributed by atoms with E-state index in [1.807, 2.05) is 0 Å². The molecule has 0 aliphatic rings. The summed E-state index contributed by atoms with van der Waals surface area (Å²) in [6, 6.07) is 0. The minimum Gasteiger partial charge on any atom is -0.379 e. The van der Waals surface area contributed by atoms with E-state index in [0.29, 0.717) is 6.61 Å². The zero-order chi connectivity index (χ0) is 7.11. The van der Waals surface area contributed by atoms with E-state index >= 15 is 0 Å². The molecule has 0 aromatic rings. The molecule has 0 spiro atoms. The lowest BCUT2D eigenvalue weighted by Gasteiger charge is -2.11. The summed E-state index contributed by atoms with van der Waals surface area (Å²) in [5.74, 6) is 0. The molecule has 0 heterocycles. The van der Waals surface area contributed by atoms with Crippen molar-refractivity contribution in [3.05, 3.63) is 0 Å². The van der Waals surface area contributed by atoms with Gasteiger partial charge in [-0.3, -0.25) is 0 Å². The van der Waals surface area contributed by atoms with Crippen molar-refractivity contribution in [2.24, 2.45) is 0 Å². The lowest BCUT2D eigenvalue weighted by Crippen LogP contribution is -2.21. The zero-order valence-corrected chi connectivity index (χ0v) is 5.62. The van der Waals surface area contributed by atoms with Crippen molar-refractivity contribution in [1.82, 2.24) is 0 Å². The van der Waals surface area contributed by atoms with Gasteiger partial charge in [0, 0.05) is 14.2 Å². The van der Waals surface area contributed by atoms with Crippen molar-refractivity contribution in [2.45, 2.75) is 6.29 Å². The van der Waals surface area contributed by atoms with Crippen molar-refractivity contribution in [3.63, 3.8) is 0 Å². The van der Waals surface area contributed by atoms with Crippen LogP contribution >= 0.6 is 0 Å². The first-order valence-corrected chi connectivity index (χ1v) is 2.56. The van der Waals surface area contributed by atoms with Gasteiger partial charge in [0.2, 0.25) is 0 Å². The highest BCUT2D eigenvalue weighted by Gasteiger charge is 2.04. The second-order valence-corrected chi connectivity index (χ2v) is 1.41. The first-order valence-electron chi connectivity index (χ1n) is 2.56. The van der Waals surface area contributed by atoms with E-state index in [2.05, 4.69) is 14.2 Å². The number of hydrogen-bond acceptors (Lipinski definition) is 3. The molecule has 1 radical (unpaired) electrons. The first kappa shape index (κ1) is 8.84. The maximum absolute atomic E-state index is 9.82. The van der Waals surface area contributed by atoms with E-state index in [0.717, 1.165) is 0 Å². The van der Waals surface area contributed by atoms with E-state index in [1.54, 1.807) is 0 Å². The maximum atomic E-state index is 9.82. The van der Waals surface area contributed by atoms with Crippen LogP contribution < -0.4 is 0 Å². The minimum absolute atomic E-state index is 0.290. The van der Waals surface area contributed by atoms with Crippen LogP contribution in [0.4, 0.5) is 0 Å². The molecule has 0 aromatic carbocycles. The number of ether oxygens (including phenoxy) is 3. The highest BCUT2D eigenvalue weighted by atomic mass is 16.7. The molecule has 0 saturated carbocycles. The Morgan fingerprint density at radius 2 is 2.11 bits per heavy atom. The number of rotatable bonds is 5. The number of methoxy groups -OCH3 is 2. The van der Waals surface area contributed by atoms with Crippen LogP contribution in [0, 0.1) is 0 Å². The van der Waals surface area contributed by atoms with Gasteiger partial charge in [-0.1, -0.05) is 0 Å². The maximum Gasteiger partial charge on any atom is 0.184 e. The van der Waals surface area contributed by atoms with Crippen LogP contribution in [0.1, 0.15) is 0 Å². The molecule has 0 amide bonds. The summed E-state index contributed by atoms with van der Waals surface area (Å²) >= 11 is 0. The summed E-state index contributed by atoms with van der Waals surface area (Å²) in [4.78, 5) is 0. The predicted molar refractivity (Wildman–Crippen MR) is 29.3 cm³/mol. The second kappa shape index (κ2) is 5.97. The molecule has 0 N–H and O–H groups in total. The lowest BCUT2D eigenvalue weighted by molar-refractivity contribution is -0.201. The molecule has 0 rings (SSSR count). The Bertz CT molecular complexity index is 50.9. The van der Waals surface area contributed by atoms with Gasteiger partial charge < -0.3 is 14.2 Å². The van der Waals surface area contributed by atoms with Crippen molar-refractivity contribution < 1.29 is 19.3 Å². The van der Waals surface area contributed by atoms with Crippen LogP contribution in [-0.2, 0) is 19.3 Å². The van der Waals surface area contributed by atoms with Crippen molar-refractivity contribution in [3.8, 4) is 0 Å². The van der Waals surface area contributed by atoms with Crippen molar-refractivity contribution >= 4 is 0 Å². The normalized spacial score (nSPS) is 13.7. The van der Waals surface area contributed by atoms with E-state index in [-0.39, 0.29) is 0 Å². The van der Waals surface area contributed by atoms with Gasteiger partial charge in [0.1, 0.15) is 0 Å². The smallest absolute Gasteiger partial charge is 0.184 e. The van der Waals surface area contributed by atoms with Crippen LogP contribution in [-0.4, -0.2) is 33.9 Å². The molecule has 1 unspecified atom stereocenters. The summed E-state index contributed by atoms with van der Waals surface area (Å²) in [6.07, 6.45) is -0.521. The van der Waals surface area contributed by atoms with Crippen LogP contribution in [0.15, 0.2) is 0 Å². The van der Waals surface area contributed by atoms with Gasteiger partial charge in [0.25, 0.3) is 0 Å². The molecule has 0 bridgehead atoms.